The fourth-order valence-corrected chi connectivity index (χ4v) is 6.01. The SMILES string of the molecule is CCCCC1([Si](C)(C)C)CCCN1C(=O)OC. The molecule has 1 fully saturated rings. The van der Waals surface area contributed by atoms with Crippen molar-refractivity contribution in [1.82, 2.24) is 4.90 Å². The first-order valence-electron chi connectivity index (χ1n) is 6.74. The van der Waals surface area contributed by atoms with E-state index in [9.17, 15) is 4.79 Å². The summed E-state index contributed by atoms with van der Waals surface area (Å²) in [6.07, 6.45) is 5.72. The Labute approximate surface area is 107 Å². The highest BCUT2D eigenvalue weighted by Crippen LogP contribution is 2.41. The third kappa shape index (κ3) is 2.67. The van der Waals surface area contributed by atoms with E-state index in [2.05, 4.69) is 26.6 Å². The minimum Gasteiger partial charge on any atom is -0.453 e. The van der Waals surface area contributed by atoms with Crippen LogP contribution in [0.25, 0.3) is 0 Å². The molecule has 0 spiro atoms. The first kappa shape index (κ1) is 14.5. The molecule has 1 saturated heterocycles. The summed E-state index contributed by atoms with van der Waals surface area (Å²) in [6, 6.07) is 0. The average Bonchev–Trinajstić information content (AvgIpc) is 2.69. The van der Waals surface area contributed by atoms with E-state index in [1.807, 2.05) is 4.90 Å². The summed E-state index contributed by atoms with van der Waals surface area (Å²) in [5, 5.41) is 0.121. The van der Waals surface area contributed by atoms with Crippen LogP contribution in [0.15, 0.2) is 0 Å². The second kappa shape index (κ2) is 5.42. The summed E-state index contributed by atoms with van der Waals surface area (Å²) >= 11 is 0. The number of hydrogen-bond donors (Lipinski definition) is 0. The molecule has 0 radical (unpaired) electrons. The number of unbranched alkanes of at least 4 members (excludes halogenated alkanes) is 1. The van der Waals surface area contributed by atoms with Crippen LogP contribution in [0.4, 0.5) is 4.79 Å². The molecule has 0 saturated carbocycles. The Morgan fingerprint density at radius 2 is 2.06 bits per heavy atom. The van der Waals surface area contributed by atoms with E-state index < -0.39 is 8.07 Å². The van der Waals surface area contributed by atoms with Gasteiger partial charge in [0.15, 0.2) is 0 Å². The van der Waals surface area contributed by atoms with Gasteiger partial charge in [-0.1, -0.05) is 39.4 Å². The van der Waals surface area contributed by atoms with Gasteiger partial charge < -0.3 is 9.64 Å². The quantitative estimate of drug-likeness (QED) is 0.719. The molecule has 1 heterocycles. The maximum atomic E-state index is 12.0. The van der Waals surface area contributed by atoms with Gasteiger partial charge in [0.2, 0.25) is 0 Å². The lowest BCUT2D eigenvalue weighted by molar-refractivity contribution is 0.104. The summed E-state index contributed by atoms with van der Waals surface area (Å²) in [4.78, 5) is 14.0. The van der Waals surface area contributed by atoms with Gasteiger partial charge in [0.05, 0.1) is 15.2 Å². The third-order valence-electron chi connectivity index (χ3n) is 4.22. The van der Waals surface area contributed by atoms with Crippen molar-refractivity contribution < 1.29 is 9.53 Å². The van der Waals surface area contributed by atoms with E-state index in [4.69, 9.17) is 4.74 Å². The molecule has 4 heteroatoms. The zero-order chi connectivity index (χ0) is 13.1. The van der Waals surface area contributed by atoms with Crippen LogP contribution < -0.4 is 0 Å². The number of nitrogens with zero attached hydrogens (tertiary/aromatic N) is 1. The van der Waals surface area contributed by atoms with Crippen LogP contribution in [0.1, 0.15) is 39.0 Å². The topological polar surface area (TPSA) is 29.5 Å². The monoisotopic (exact) mass is 257 g/mol. The second-order valence-corrected chi connectivity index (χ2v) is 11.5. The standard InChI is InChI=1S/C13H27NO2Si/c1-6-7-9-13(17(3,4)5)10-8-11-14(13)12(15)16-2/h6-11H2,1-5H3. The van der Waals surface area contributed by atoms with Gasteiger partial charge in [0, 0.05) is 11.7 Å². The van der Waals surface area contributed by atoms with E-state index in [1.54, 1.807) is 0 Å². The predicted octanol–water partition coefficient (Wildman–Crippen LogP) is 3.66. The highest BCUT2D eigenvalue weighted by atomic mass is 28.3. The van der Waals surface area contributed by atoms with E-state index in [0.29, 0.717) is 0 Å². The maximum Gasteiger partial charge on any atom is 0.409 e. The van der Waals surface area contributed by atoms with Gasteiger partial charge in [-0.05, 0) is 19.3 Å². The van der Waals surface area contributed by atoms with Crippen LogP contribution in [0.2, 0.25) is 19.6 Å². The fraction of sp³-hybridized carbons (Fsp3) is 0.923. The molecule has 0 N–H and O–H groups in total. The van der Waals surface area contributed by atoms with Gasteiger partial charge in [-0.25, -0.2) is 4.79 Å². The largest absolute Gasteiger partial charge is 0.453 e. The molecule has 0 aliphatic carbocycles. The maximum absolute atomic E-state index is 12.0. The Hall–Kier alpha value is -0.513. The second-order valence-electron chi connectivity index (χ2n) is 6.11. The van der Waals surface area contributed by atoms with Gasteiger partial charge in [0.25, 0.3) is 0 Å². The van der Waals surface area contributed by atoms with E-state index >= 15 is 0 Å². The van der Waals surface area contributed by atoms with E-state index in [0.717, 1.165) is 25.8 Å². The summed E-state index contributed by atoms with van der Waals surface area (Å²) < 4.78 is 4.97. The summed E-state index contributed by atoms with van der Waals surface area (Å²) in [6.45, 7) is 10.2. The summed E-state index contributed by atoms with van der Waals surface area (Å²) in [5.74, 6) is 0. The normalized spacial score (nSPS) is 25.1. The Bertz CT molecular complexity index is 275. The number of carbonyl (C=O) groups excluding carboxylic acids is 1. The molecule has 100 valence electrons. The minimum absolute atomic E-state index is 0.121. The number of ether oxygens (including phenoxy) is 1. The molecule has 1 aliphatic rings. The van der Waals surface area contributed by atoms with Crippen molar-refractivity contribution in [1.29, 1.82) is 0 Å². The van der Waals surface area contributed by atoms with Crippen LogP contribution in [0.5, 0.6) is 0 Å². The number of carbonyl (C=O) groups is 1. The highest BCUT2D eigenvalue weighted by Gasteiger charge is 2.52. The number of likely N-dealkylation sites (tertiary alicyclic amines) is 1. The van der Waals surface area contributed by atoms with Gasteiger partial charge in [0.1, 0.15) is 0 Å². The summed E-state index contributed by atoms with van der Waals surface area (Å²) in [7, 11) is 0.0668. The number of amides is 1. The lowest BCUT2D eigenvalue weighted by atomic mass is 10.1. The number of hydrogen-bond acceptors (Lipinski definition) is 2. The lowest BCUT2D eigenvalue weighted by Gasteiger charge is -2.46. The first-order valence-corrected chi connectivity index (χ1v) is 10.2. The average molecular weight is 257 g/mol. The molecule has 0 bridgehead atoms. The highest BCUT2D eigenvalue weighted by molar-refractivity contribution is 6.79. The van der Waals surface area contributed by atoms with Crippen LogP contribution in [0, 0.1) is 0 Å². The predicted molar refractivity (Wildman–Crippen MR) is 73.9 cm³/mol. The van der Waals surface area contributed by atoms with Crippen LogP contribution in [-0.4, -0.2) is 37.9 Å². The number of methoxy groups -OCH3 is 1. The third-order valence-corrected chi connectivity index (χ3v) is 7.79. The summed E-state index contributed by atoms with van der Waals surface area (Å²) in [5.41, 5.74) is 0. The van der Waals surface area contributed by atoms with Crippen molar-refractivity contribution in [3.05, 3.63) is 0 Å². The van der Waals surface area contributed by atoms with Crippen molar-refractivity contribution in [3.63, 3.8) is 0 Å². The molecule has 1 amide bonds. The Balaban J connectivity index is 2.99. The molecule has 0 aromatic carbocycles. The molecular formula is C13H27NO2Si. The van der Waals surface area contributed by atoms with Crippen LogP contribution >= 0.6 is 0 Å². The molecule has 1 aliphatic heterocycles. The Morgan fingerprint density at radius 1 is 1.41 bits per heavy atom. The van der Waals surface area contributed by atoms with Crippen LogP contribution in [0.3, 0.4) is 0 Å². The molecule has 17 heavy (non-hydrogen) atoms. The molecular weight excluding hydrogens is 230 g/mol. The molecule has 1 rings (SSSR count). The van der Waals surface area contributed by atoms with Crippen molar-refractivity contribution in [2.24, 2.45) is 0 Å². The van der Waals surface area contributed by atoms with E-state index in [1.165, 1.54) is 20.0 Å². The van der Waals surface area contributed by atoms with Crippen LogP contribution in [-0.2, 0) is 4.74 Å². The first-order chi connectivity index (χ1) is 7.89. The van der Waals surface area contributed by atoms with E-state index in [-0.39, 0.29) is 11.3 Å². The van der Waals surface area contributed by atoms with Gasteiger partial charge in [-0.3, -0.25) is 0 Å². The van der Waals surface area contributed by atoms with Gasteiger partial charge in [-0.2, -0.15) is 0 Å². The molecule has 1 atom stereocenters. The van der Waals surface area contributed by atoms with Gasteiger partial charge in [-0.15, -0.1) is 0 Å². The van der Waals surface area contributed by atoms with Gasteiger partial charge >= 0.3 is 6.09 Å². The van der Waals surface area contributed by atoms with Crippen molar-refractivity contribution in [2.45, 2.75) is 63.8 Å². The smallest absolute Gasteiger partial charge is 0.409 e. The Morgan fingerprint density at radius 3 is 2.53 bits per heavy atom. The lowest BCUT2D eigenvalue weighted by Crippen LogP contribution is -2.62. The molecule has 3 nitrogen and oxygen atoms in total. The zero-order valence-electron chi connectivity index (χ0n) is 12.0. The zero-order valence-corrected chi connectivity index (χ0v) is 13.0. The fourth-order valence-electron chi connectivity index (χ4n) is 3.14. The molecule has 1 unspecified atom stereocenters. The molecule has 0 aromatic heterocycles. The number of rotatable bonds is 4. The molecule has 0 aromatic rings. The minimum atomic E-state index is -1.43. The van der Waals surface area contributed by atoms with Crippen molar-refractivity contribution >= 4 is 14.2 Å². The van der Waals surface area contributed by atoms with Crippen molar-refractivity contribution in [2.75, 3.05) is 13.7 Å². The van der Waals surface area contributed by atoms with Crippen molar-refractivity contribution in [3.8, 4) is 0 Å². The Kier molecular flexibility index (Phi) is 4.64.